The Labute approximate surface area is 70.1 Å². The van der Waals surface area contributed by atoms with Gasteiger partial charge in [0, 0.05) is 6.42 Å². The number of hydrogen-bond acceptors (Lipinski definition) is 3. The van der Waals surface area contributed by atoms with Crippen molar-refractivity contribution in [1.29, 1.82) is 0 Å². The number of aliphatic hydroxyl groups excluding tert-OH is 1. The van der Waals surface area contributed by atoms with Crippen LogP contribution in [0, 0.1) is 0 Å². The first kappa shape index (κ1) is 8.99. The lowest BCUT2D eigenvalue weighted by Crippen LogP contribution is -2.43. The summed E-state index contributed by atoms with van der Waals surface area (Å²) < 4.78 is 0. The van der Waals surface area contributed by atoms with Crippen molar-refractivity contribution >= 4 is 11.9 Å². The Morgan fingerprint density at radius 1 is 1.67 bits per heavy atom. The van der Waals surface area contributed by atoms with Crippen LogP contribution in [-0.4, -0.2) is 34.6 Å². The topological polar surface area (TPSA) is 83.6 Å². The van der Waals surface area contributed by atoms with Gasteiger partial charge in [-0.05, 0) is 12.8 Å². The summed E-state index contributed by atoms with van der Waals surface area (Å²) in [4.78, 5) is 22.7. The van der Waals surface area contributed by atoms with Gasteiger partial charge < -0.3 is 10.8 Å². The summed E-state index contributed by atoms with van der Waals surface area (Å²) in [6.07, 6.45) is 0.836. The number of urea groups is 1. The third-order valence-electron chi connectivity index (χ3n) is 1.89. The number of nitrogens with two attached hydrogens (primary N) is 1. The van der Waals surface area contributed by atoms with Crippen LogP contribution in [0.2, 0.25) is 0 Å². The lowest BCUT2D eigenvalue weighted by molar-refractivity contribution is -0.128. The normalized spacial score (nSPS) is 25.2. The third-order valence-corrected chi connectivity index (χ3v) is 1.89. The van der Waals surface area contributed by atoms with E-state index >= 15 is 0 Å². The SMILES string of the molecule is NC(=O)N1CC(O)CCCC1=O. The number of likely N-dealkylation sites (tertiary alicyclic amines) is 1. The molecular weight excluding hydrogens is 160 g/mol. The number of carbonyl (C=O) groups is 2. The maximum atomic E-state index is 11.1. The van der Waals surface area contributed by atoms with E-state index in [9.17, 15) is 14.7 Å². The number of amides is 3. The summed E-state index contributed by atoms with van der Waals surface area (Å²) in [6.45, 7) is 0.0359. The predicted octanol–water partition coefficient (Wildman–Crippen LogP) is -0.562. The first-order valence-electron chi connectivity index (χ1n) is 3.89. The van der Waals surface area contributed by atoms with Crippen LogP contribution < -0.4 is 5.73 Å². The van der Waals surface area contributed by atoms with Gasteiger partial charge in [-0.1, -0.05) is 0 Å². The van der Waals surface area contributed by atoms with Crippen LogP contribution in [0.15, 0.2) is 0 Å². The van der Waals surface area contributed by atoms with E-state index in [0.29, 0.717) is 19.3 Å². The zero-order chi connectivity index (χ0) is 9.14. The van der Waals surface area contributed by atoms with Crippen LogP contribution in [0.5, 0.6) is 0 Å². The van der Waals surface area contributed by atoms with E-state index in [-0.39, 0.29) is 12.5 Å². The fourth-order valence-corrected chi connectivity index (χ4v) is 1.24. The Balaban J connectivity index is 2.67. The largest absolute Gasteiger partial charge is 0.391 e. The Morgan fingerprint density at radius 3 is 2.92 bits per heavy atom. The zero-order valence-corrected chi connectivity index (χ0v) is 6.69. The number of primary amides is 1. The second-order valence-electron chi connectivity index (χ2n) is 2.89. The molecule has 68 valence electrons. The summed E-state index contributed by atoms with van der Waals surface area (Å²) in [7, 11) is 0. The summed E-state index contributed by atoms with van der Waals surface area (Å²) >= 11 is 0. The molecule has 1 saturated heterocycles. The standard InChI is InChI=1S/C7H12N2O3/c8-7(12)9-4-5(10)2-1-3-6(9)11/h5,10H,1-4H2,(H2,8,12). The van der Waals surface area contributed by atoms with Gasteiger partial charge in [0.25, 0.3) is 0 Å². The van der Waals surface area contributed by atoms with Crippen LogP contribution in [0.3, 0.4) is 0 Å². The molecule has 0 aromatic carbocycles. The van der Waals surface area contributed by atoms with Crippen LogP contribution in [-0.2, 0) is 4.79 Å². The highest BCUT2D eigenvalue weighted by Crippen LogP contribution is 2.11. The number of aliphatic hydroxyl groups is 1. The van der Waals surface area contributed by atoms with Crippen molar-refractivity contribution in [2.45, 2.75) is 25.4 Å². The van der Waals surface area contributed by atoms with Crippen molar-refractivity contribution in [2.75, 3.05) is 6.54 Å². The summed E-state index contributed by atoms with van der Waals surface area (Å²) in [5.41, 5.74) is 4.94. The molecule has 0 aromatic rings. The highest BCUT2D eigenvalue weighted by atomic mass is 16.3. The van der Waals surface area contributed by atoms with Gasteiger partial charge in [-0.15, -0.1) is 0 Å². The third kappa shape index (κ3) is 1.94. The molecule has 12 heavy (non-hydrogen) atoms. The fourth-order valence-electron chi connectivity index (χ4n) is 1.24. The number of imide groups is 1. The van der Waals surface area contributed by atoms with E-state index in [1.54, 1.807) is 0 Å². The van der Waals surface area contributed by atoms with Gasteiger partial charge in [0.15, 0.2) is 0 Å². The average Bonchev–Trinajstić information content (AvgIpc) is 2.13. The maximum absolute atomic E-state index is 11.1. The number of β-amino-alcohol motifs (C(OH)–C–C–N with tert-alkyl or cyclic N) is 1. The fraction of sp³-hybridized carbons (Fsp3) is 0.714. The molecule has 5 heteroatoms. The molecule has 1 heterocycles. The Morgan fingerprint density at radius 2 is 2.33 bits per heavy atom. The van der Waals surface area contributed by atoms with E-state index < -0.39 is 12.1 Å². The molecule has 0 aromatic heterocycles. The Kier molecular flexibility index (Phi) is 2.65. The number of rotatable bonds is 0. The van der Waals surface area contributed by atoms with Crippen LogP contribution in [0.4, 0.5) is 4.79 Å². The summed E-state index contributed by atoms with van der Waals surface area (Å²) in [6, 6.07) is -0.777. The Hall–Kier alpha value is -1.10. The molecule has 1 atom stereocenters. The highest BCUT2D eigenvalue weighted by molar-refractivity contribution is 5.93. The first-order chi connectivity index (χ1) is 5.61. The van der Waals surface area contributed by atoms with Gasteiger partial charge in [-0.3, -0.25) is 9.69 Å². The maximum Gasteiger partial charge on any atom is 0.321 e. The minimum absolute atomic E-state index is 0.0359. The monoisotopic (exact) mass is 172 g/mol. The van der Waals surface area contributed by atoms with Crippen LogP contribution in [0.25, 0.3) is 0 Å². The van der Waals surface area contributed by atoms with Crippen molar-refractivity contribution in [3.05, 3.63) is 0 Å². The molecule has 1 rings (SSSR count). The molecule has 1 unspecified atom stereocenters. The minimum atomic E-state index is -0.777. The van der Waals surface area contributed by atoms with Gasteiger partial charge in [-0.2, -0.15) is 0 Å². The highest BCUT2D eigenvalue weighted by Gasteiger charge is 2.24. The Bertz CT molecular complexity index is 205. The van der Waals surface area contributed by atoms with Crippen molar-refractivity contribution < 1.29 is 14.7 Å². The lowest BCUT2D eigenvalue weighted by atomic mass is 10.2. The molecule has 0 spiro atoms. The molecule has 1 aliphatic rings. The van der Waals surface area contributed by atoms with E-state index in [1.165, 1.54) is 0 Å². The molecule has 3 amide bonds. The number of hydrogen-bond donors (Lipinski definition) is 2. The average molecular weight is 172 g/mol. The van der Waals surface area contributed by atoms with Gasteiger partial charge in [0.2, 0.25) is 5.91 Å². The second-order valence-corrected chi connectivity index (χ2v) is 2.89. The molecule has 3 N–H and O–H groups in total. The van der Waals surface area contributed by atoms with Crippen LogP contribution >= 0.6 is 0 Å². The van der Waals surface area contributed by atoms with Gasteiger partial charge >= 0.3 is 6.03 Å². The van der Waals surface area contributed by atoms with E-state index in [2.05, 4.69) is 0 Å². The lowest BCUT2D eigenvalue weighted by Gasteiger charge is -2.17. The van der Waals surface area contributed by atoms with E-state index in [1.807, 2.05) is 0 Å². The first-order valence-corrected chi connectivity index (χ1v) is 3.89. The second kappa shape index (κ2) is 3.53. The van der Waals surface area contributed by atoms with Crippen molar-refractivity contribution in [3.8, 4) is 0 Å². The zero-order valence-electron chi connectivity index (χ0n) is 6.69. The molecular formula is C7H12N2O3. The van der Waals surface area contributed by atoms with Crippen LogP contribution in [0.1, 0.15) is 19.3 Å². The molecule has 1 fully saturated rings. The van der Waals surface area contributed by atoms with Gasteiger partial charge in [-0.25, -0.2) is 4.79 Å². The molecule has 0 saturated carbocycles. The van der Waals surface area contributed by atoms with Crippen molar-refractivity contribution in [3.63, 3.8) is 0 Å². The molecule has 0 bridgehead atoms. The van der Waals surface area contributed by atoms with E-state index in [0.717, 1.165) is 4.90 Å². The van der Waals surface area contributed by atoms with Gasteiger partial charge in [0.05, 0.1) is 12.6 Å². The molecule has 5 nitrogen and oxygen atoms in total. The van der Waals surface area contributed by atoms with Gasteiger partial charge in [0.1, 0.15) is 0 Å². The molecule has 1 aliphatic heterocycles. The molecule has 0 aliphatic carbocycles. The number of carbonyl (C=O) groups excluding carboxylic acids is 2. The van der Waals surface area contributed by atoms with E-state index in [4.69, 9.17) is 5.73 Å². The summed E-state index contributed by atoms with van der Waals surface area (Å²) in [5.74, 6) is -0.293. The number of nitrogens with zero attached hydrogens (tertiary/aromatic N) is 1. The van der Waals surface area contributed by atoms with Crippen molar-refractivity contribution in [2.24, 2.45) is 5.73 Å². The summed E-state index contributed by atoms with van der Waals surface area (Å²) in [5, 5.41) is 9.22. The van der Waals surface area contributed by atoms with Crippen molar-refractivity contribution in [1.82, 2.24) is 4.90 Å². The predicted molar refractivity (Wildman–Crippen MR) is 41.2 cm³/mol. The quantitative estimate of drug-likeness (QED) is 0.513. The smallest absolute Gasteiger partial charge is 0.321 e. The minimum Gasteiger partial charge on any atom is -0.391 e. The molecule has 0 radical (unpaired) electrons.